The van der Waals surface area contributed by atoms with Crippen molar-refractivity contribution in [1.82, 2.24) is 0 Å². The predicted octanol–water partition coefficient (Wildman–Crippen LogP) is 2.01. The van der Waals surface area contributed by atoms with Crippen molar-refractivity contribution in [2.75, 3.05) is 0 Å². The maximum atomic E-state index is 11.8. The van der Waals surface area contributed by atoms with Gasteiger partial charge in [0.15, 0.2) is 5.78 Å². The highest BCUT2D eigenvalue weighted by molar-refractivity contribution is 5.96. The first-order valence-electron chi connectivity index (χ1n) is 6.15. The van der Waals surface area contributed by atoms with Gasteiger partial charge < -0.3 is 10.8 Å². The van der Waals surface area contributed by atoms with Crippen LogP contribution >= 0.6 is 0 Å². The largest absolute Gasteiger partial charge is 0.480 e. The molecule has 0 amide bonds. The number of Topliss-reactive ketones (excluding diaryl/α,β-unsaturated/α-hetero) is 1. The summed E-state index contributed by atoms with van der Waals surface area (Å²) in [4.78, 5) is 22.5. The molecular formula is C14H19NO3. The van der Waals surface area contributed by atoms with Gasteiger partial charge in [-0.1, -0.05) is 31.5 Å². The van der Waals surface area contributed by atoms with Gasteiger partial charge in [0, 0.05) is 12.0 Å². The zero-order chi connectivity index (χ0) is 13.5. The molecule has 0 heterocycles. The van der Waals surface area contributed by atoms with Crippen LogP contribution in [0.1, 0.15) is 42.1 Å². The summed E-state index contributed by atoms with van der Waals surface area (Å²) in [5.41, 5.74) is 6.89. The fourth-order valence-corrected chi connectivity index (χ4v) is 1.69. The molecular weight excluding hydrogens is 230 g/mol. The van der Waals surface area contributed by atoms with Crippen LogP contribution in [0.15, 0.2) is 24.3 Å². The lowest BCUT2D eigenvalue weighted by molar-refractivity contribution is -0.138. The first-order chi connectivity index (χ1) is 8.54. The van der Waals surface area contributed by atoms with Crippen molar-refractivity contribution >= 4 is 11.8 Å². The van der Waals surface area contributed by atoms with Gasteiger partial charge in [-0.2, -0.15) is 0 Å². The third-order valence-corrected chi connectivity index (χ3v) is 2.78. The Morgan fingerprint density at radius 2 is 2.11 bits per heavy atom. The molecule has 4 heteroatoms. The molecule has 0 radical (unpaired) electrons. The van der Waals surface area contributed by atoms with Crippen molar-refractivity contribution in [3.8, 4) is 0 Å². The van der Waals surface area contributed by atoms with E-state index in [0.717, 1.165) is 18.4 Å². The van der Waals surface area contributed by atoms with Crippen LogP contribution in [0.3, 0.4) is 0 Å². The highest BCUT2D eigenvalue weighted by Crippen LogP contribution is 2.11. The Hall–Kier alpha value is -1.68. The lowest BCUT2D eigenvalue weighted by Crippen LogP contribution is -2.32. The SMILES string of the molecule is CCCCC(=O)c1cccc(C[C@H](N)C(=O)O)c1. The van der Waals surface area contributed by atoms with Crippen molar-refractivity contribution in [2.24, 2.45) is 5.73 Å². The number of nitrogens with two attached hydrogens (primary N) is 1. The quantitative estimate of drug-likeness (QED) is 0.724. The minimum Gasteiger partial charge on any atom is -0.480 e. The number of aliphatic carboxylic acids is 1. The van der Waals surface area contributed by atoms with Gasteiger partial charge >= 0.3 is 5.97 Å². The summed E-state index contributed by atoms with van der Waals surface area (Å²) in [6.45, 7) is 2.04. The van der Waals surface area contributed by atoms with Crippen LogP contribution in [0.5, 0.6) is 0 Å². The molecule has 0 aliphatic rings. The first-order valence-corrected chi connectivity index (χ1v) is 6.15. The van der Waals surface area contributed by atoms with E-state index in [-0.39, 0.29) is 12.2 Å². The lowest BCUT2D eigenvalue weighted by Gasteiger charge is -2.08. The molecule has 1 aromatic rings. The van der Waals surface area contributed by atoms with E-state index in [4.69, 9.17) is 10.8 Å². The smallest absolute Gasteiger partial charge is 0.320 e. The highest BCUT2D eigenvalue weighted by Gasteiger charge is 2.13. The van der Waals surface area contributed by atoms with E-state index >= 15 is 0 Å². The van der Waals surface area contributed by atoms with Crippen LogP contribution in [0.4, 0.5) is 0 Å². The van der Waals surface area contributed by atoms with Gasteiger partial charge in [-0.05, 0) is 24.5 Å². The third-order valence-electron chi connectivity index (χ3n) is 2.78. The number of carboxylic acid groups (broad SMARTS) is 1. The molecule has 0 aliphatic heterocycles. The number of rotatable bonds is 7. The third kappa shape index (κ3) is 4.30. The van der Waals surface area contributed by atoms with Crippen molar-refractivity contribution in [1.29, 1.82) is 0 Å². The van der Waals surface area contributed by atoms with Crippen molar-refractivity contribution in [3.63, 3.8) is 0 Å². The number of carboxylic acids is 1. The average molecular weight is 249 g/mol. The molecule has 4 nitrogen and oxygen atoms in total. The summed E-state index contributed by atoms with van der Waals surface area (Å²) in [5, 5.41) is 8.75. The van der Waals surface area contributed by atoms with Gasteiger partial charge in [-0.25, -0.2) is 0 Å². The minimum atomic E-state index is -1.03. The summed E-state index contributed by atoms with van der Waals surface area (Å²) in [6.07, 6.45) is 2.63. The number of carbonyl (C=O) groups is 2. The van der Waals surface area contributed by atoms with Gasteiger partial charge in [0.1, 0.15) is 6.04 Å². The Morgan fingerprint density at radius 3 is 2.72 bits per heavy atom. The molecule has 0 unspecified atom stereocenters. The highest BCUT2D eigenvalue weighted by atomic mass is 16.4. The number of hydrogen-bond donors (Lipinski definition) is 2. The average Bonchev–Trinajstić information content (AvgIpc) is 2.36. The Kier molecular flexibility index (Phi) is 5.52. The number of ketones is 1. The van der Waals surface area contributed by atoms with Crippen molar-refractivity contribution in [2.45, 2.75) is 38.6 Å². The van der Waals surface area contributed by atoms with Crippen LogP contribution in [0.25, 0.3) is 0 Å². The summed E-state index contributed by atoms with van der Waals surface area (Å²) >= 11 is 0. The number of hydrogen-bond acceptors (Lipinski definition) is 3. The molecule has 0 fully saturated rings. The van der Waals surface area contributed by atoms with E-state index in [1.165, 1.54) is 0 Å². The molecule has 18 heavy (non-hydrogen) atoms. The Balaban J connectivity index is 2.73. The number of carbonyl (C=O) groups excluding carboxylic acids is 1. The fraction of sp³-hybridized carbons (Fsp3) is 0.429. The second kappa shape index (κ2) is 6.91. The molecule has 0 aliphatic carbocycles. The number of benzene rings is 1. The molecule has 0 saturated heterocycles. The Morgan fingerprint density at radius 1 is 1.39 bits per heavy atom. The molecule has 0 bridgehead atoms. The number of unbranched alkanes of at least 4 members (excludes halogenated alkanes) is 1. The van der Waals surface area contributed by atoms with E-state index < -0.39 is 12.0 Å². The fourth-order valence-electron chi connectivity index (χ4n) is 1.69. The maximum absolute atomic E-state index is 11.8. The minimum absolute atomic E-state index is 0.0996. The van der Waals surface area contributed by atoms with Gasteiger partial charge in [0.25, 0.3) is 0 Å². The van der Waals surface area contributed by atoms with Crippen LogP contribution < -0.4 is 5.73 Å². The molecule has 3 N–H and O–H groups in total. The van der Waals surface area contributed by atoms with E-state index in [0.29, 0.717) is 12.0 Å². The monoisotopic (exact) mass is 249 g/mol. The Bertz CT molecular complexity index is 429. The Labute approximate surface area is 107 Å². The molecule has 1 rings (SSSR count). The van der Waals surface area contributed by atoms with Crippen molar-refractivity contribution in [3.05, 3.63) is 35.4 Å². The molecule has 0 saturated carbocycles. The first kappa shape index (κ1) is 14.4. The van der Waals surface area contributed by atoms with Crippen LogP contribution in [-0.2, 0) is 11.2 Å². The summed E-state index contributed by atoms with van der Waals surface area (Å²) in [5.74, 6) is -0.930. The van der Waals surface area contributed by atoms with Gasteiger partial charge in [0.05, 0.1) is 0 Å². The van der Waals surface area contributed by atoms with Gasteiger partial charge in [-0.15, -0.1) is 0 Å². The molecule has 1 aromatic carbocycles. The molecule has 98 valence electrons. The van der Waals surface area contributed by atoms with Gasteiger partial charge in [-0.3, -0.25) is 9.59 Å². The standard InChI is InChI=1S/C14H19NO3/c1-2-3-7-13(16)11-6-4-5-10(8-11)9-12(15)14(17)18/h4-6,8,12H,2-3,7,9,15H2,1H3,(H,17,18)/t12-/m0/s1. The van der Waals surface area contributed by atoms with Crippen LogP contribution in [0.2, 0.25) is 0 Å². The normalized spacial score (nSPS) is 12.1. The summed E-state index contributed by atoms with van der Waals surface area (Å²) in [7, 11) is 0. The predicted molar refractivity (Wildman–Crippen MR) is 69.6 cm³/mol. The van der Waals surface area contributed by atoms with E-state index in [1.54, 1.807) is 24.3 Å². The van der Waals surface area contributed by atoms with E-state index in [9.17, 15) is 9.59 Å². The van der Waals surface area contributed by atoms with Crippen LogP contribution in [-0.4, -0.2) is 22.9 Å². The van der Waals surface area contributed by atoms with Crippen molar-refractivity contribution < 1.29 is 14.7 Å². The second-order valence-electron chi connectivity index (χ2n) is 4.38. The van der Waals surface area contributed by atoms with Crippen LogP contribution in [0, 0.1) is 0 Å². The molecule has 0 aromatic heterocycles. The second-order valence-corrected chi connectivity index (χ2v) is 4.38. The zero-order valence-electron chi connectivity index (χ0n) is 10.6. The van der Waals surface area contributed by atoms with E-state index in [2.05, 4.69) is 0 Å². The molecule has 0 spiro atoms. The maximum Gasteiger partial charge on any atom is 0.320 e. The lowest BCUT2D eigenvalue weighted by atomic mass is 10.00. The zero-order valence-corrected chi connectivity index (χ0v) is 10.6. The summed E-state index contributed by atoms with van der Waals surface area (Å²) < 4.78 is 0. The van der Waals surface area contributed by atoms with Gasteiger partial charge in [0.2, 0.25) is 0 Å². The topological polar surface area (TPSA) is 80.4 Å². The molecule has 1 atom stereocenters. The summed E-state index contributed by atoms with van der Waals surface area (Å²) in [6, 6.07) is 6.13. The van der Waals surface area contributed by atoms with E-state index in [1.807, 2.05) is 6.92 Å².